The minimum absolute atomic E-state index is 0.273. The van der Waals surface area contributed by atoms with Crippen molar-refractivity contribution in [3.05, 3.63) is 47.0 Å². The van der Waals surface area contributed by atoms with Crippen LogP contribution in [0.15, 0.2) is 41.5 Å². The standard InChI is InChI=1S/C15H13N3O3.C4H9NO.2C2H6.CH4S/c1-20-12-4-3-9(7-13(12)21-2)10-8-11-14(15(19)18-10)17-6-5-16-11;1-3-6-4-2-5-1;3*1-2/h3-8H,1-2H3,(H,18,19);5H,1-4H2;2*1-2H3;2H,1H3. The van der Waals surface area contributed by atoms with Gasteiger partial charge in [0.25, 0.3) is 5.56 Å². The van der Waals surface area contributed by atoms with Crippen LogP contribution in [0.2, 0.25) is 0 Å². The summed E-state index contributed by atoms with van der Waals surface area (Å²) in [6.45, 7) is 11.8. The maximum Gasteiger partial charge on any atom is 0.276 e. The molecule has 2 N–H and O–H groups in total. The van der Waals surface area contributed by atoms with Crippen molar-refractivity contribution in [1.29, 1.82) is 0 Å². The molecule has 0 spiro atoms. The van der Waals surface area contributed by atoms with E-state index in [-0.39, 0.29) is 5.56 Å². The molecule has 3 heterocycles. The van der Waals surface area contributed by atoms with Gasteiger partial charge in [-0.25, -0.2) is 4.98 Å². The van der Waals surface area contributed by atoms with E-state index in [0.717, 1.165) is 31.9 Å². The van der Waals surface area contributed by atoms with Crippen LogP contribution in [0.4, 0.5) is 0 Å². The lowest BCUT2D eigenvalue weighted by Crippen LogP contribution is -2.30. The highest BCUT2D eigenvalue weighted by Crippen LogP contribution is 2.31. The lowest BCUT2D eigenvalue weighted by atomic mass is 10.1. The van der Waals surface area contributed by atoms with Crippen LogP contribution in [0.5, 0.6) is 11.5 Å². The predicted octanol–water partition coefficient (Wildman–Crippen LogP) is 4.21. The zero-order valence-corrected chi connectivity index (χ0v) is 21.7. The van der Waals surface area contributed by atoms with Crippen molar-refractivity contribution in [3.63, 3.8) is 0 Å². The molecular weight excluding hydrogens is 440 g/mol. The van der Waals surface area contributed by atoms with Crippen LogP contribution < -0.4 is 20.3 Å². The number of methoxy groups -OCH3 is 2. The molecule has 1 fully saturated rings. The van der Waals surface area contributed by atoms with E-state index in [4.69, 9.17) is 14.2 Å². The van der Waals surface area contributed by atoms with Crippen LogP contribution in [-0.2, 0) is 4.74 Å². The number of morpholine rings is 1. The molecule has 33 heavy (non-hydrogen) atoms. The summed E-state index contributed by atoms with van der Waals surface area (Å²) >= 11 is 3.53. The first-order chi connectivity index (χ1) is 16.2. The number of hydrogen-bond acceptors (Lipinski definition) is 8. The van der Waals surface area contributed by atoms with E-state index < -0.39 is 0 Å². The van der Waals surface area contributed by atoms with Gasteiger partial charge < -0.3 is 24.5 Å². The lowest BCUT2D eigenvalue weighted by molar-refractivity contribution is 0.109. The van der Waals surface area contributed by atoms with E-state index in [1.54, 1.807) is 44.9 Å². The van der Waals surface area contributed by atoms with E-state index in [9.17, 15) is 4.79 Å². The molecule has 0 atom stereocenters. The fraction of sp³-hybridized carbons (Fsp3) is 0.458. The Hall–Kier alpha value is -2.62. The smallest absolute Gasteiger partial charge is 0.276 e. The van der Waals surface area contributed by atoms with Gasteiger partial charge in [-0.15, -0.1) is 0 Å². The lowest BCUT2D eigenvalue weighted by Gasteiger charge is -2.10. The minimum atomic E-state index is -0.273. The van der Waals surface area contributed by atoms with Crippen LogP contribution in [0.1, 0.15) is 27.7 Å². The number of nitrogens with zero attached hydrogens (tertiary/aromatic N) is 2. The molecule has 0 radical (unpaired) electrons. The van der Waals surface area contributed by atoms with Crippen LogP contribution in [0, 0.1) is 0 Å². The molecule has 0 saturated carbocycles. The highest BCUT2D eigenvalue weighted by molar-refractivity contribution is 7.79. The largest absolute Gasteiger partial charge is 0.493 e. The molecular formula is C24H38N4O4S. The molecule has 8 nitrogen and oxygen atoms in total. The third-order valence-electron chi connectivity index (χ3n) is 4.01. The highest BCUT2D eigenvalue weighted by Gasteiger charge is 2.09. The number of fused-ring (bicyclic) bond motifs is 1. The zero-order chi connectivity index (χ0) is 25.1. The van der Waals surface area contributed by atoms with Crippen LogP contribution >= 0.6 is 12.6 Å². The Morgan fingerprint density at radius 1 is 0.909 bits per heavy atom. The Bertz CT molecular complexity index is 951. The van der Waals surface area contributed by atoms with Gasteiger partial charge in [-0.3, -0.25) is 9.78 Å². The monoisotopic (exact) mass is 478 g/mol. The molecule has 1 saturated heterocycles. The molecule has 0 unspecified atom stereocenters. The third kappa shape index (κ3) is 9.81. The normalized spacial score (nSPS) is 11.6. The average molecular weight is 479 g/mol. The minimum Gasteiger partial charge on any atom is -0.493 e. The molecule has 1 aliphatic rings. The first-order valence-electron chi connectivity index (χ1n) is 11.0. The van der Waals surface area contributed by atoms with Gasteiger partial charge in [-0.05, 0) is 30.5 Å². The number of aromatic amines is 1. The van der Waals surface area contributed by atoms with Gasteiger partial charge >= 0.3 is 0 Å². The first-order valence-corrected chi connectivity index (χ1v) is 11.9. The Labute approximate surface area is 202 Å². The Balaban J connectivity index is 0.000000715. The fourth-order valence-electron chi connectivity index (χ4n) is 2.66. The van der Waals surface area contributed by atoms with Crippen molar-refractivity contribution in [2.24, 2.45) is 0 Å². The van der Waals surface area contributed by atoms with Gasteiger partial charge in [0.1, 0.15) is 0 Å². The van der Waals surface area contributed by atoms with Crippen molar-refractivity contribution in [3.8, 4) is 22.8 Å². The number of pyridine rings is 1. The fourth-order valence-corrected chi connectivity index (χ4v) is 2.66. The van der Waals surface area contributed by atoms with Crippen molar-refractivity contribution in [1.82, 2.24) is 20.3 Å². The molecule has 3 aromatic rings. The molecule has 0 amide bonds. The molecule has 184 valence electrons. The Morgan fingerprint density at radius 2 is 1.52 bits per heavy atom. The SMILES string of the molecule is C1COCCN1.CC.CC.COc1ccc(-c2cc3nccnc3c(=O)[nH]2)cc1OC.CS. The van der Waals surface area contributed by atoms with E-state index in [0.29, 0.717) is 28.2 Å². The van der Waals surface area contributed by atoms with Crippen LogP contribution in [0.3, 0.4) is 0 Å². The number of rotatable bonds is 3. The van der Waals surface area contributed by atoms with Crippen molar-refractivity contribution < 1.29 is 14.2 Å². The first kappa shape index (κ1) is 30.4. The zero-order valence-electron chi connectivity index (χ0n) is 20.8. The molecule has 1 aromatic carbocycles. The number of ether oxygens (including phenoxy) is 3. The summed E-state index contributed by atoms with van der Waals surface area (Å²) < 4.78 is 15.5. The maximum atomic E-state index is 12.0. The number of aromatic nitrogens is 3. The van der Waals surface area contributed by atoms with Gasteiger partial charge in [0.2, 0.25) is 0 Å². The molecule has 9 heteroatoms. The summed E-state index contributed by atoms with van der Waals surface area (Å²) in [6, 6.07) is 7.21. The topological polar surface area (TPSA) is 98.4 Å². The Morgan fingerprint density at radius 3 is 2.03 bits per heavy atom. The Kier molecular flexibility index (Phi) is 17.4. The van der Waals surface area contributed by atoms with E-state index in [2.05, 4.69) is 32.9 Å². The van der Waals surface area contributed by atoms with Crippen molar-refractivity contribution in [2.45, 2.75) is 27.7 Å². The summed E-state index contributed by atoms with van der Waals surface area (Å²) in [7, 11) is 3.14. The second-order valence-electron chi connectivity index (χ2n) is 5.73. The molecule has 4 rings (SSSR count). The van der Waals surface area contributed by atoms with Gasteiger partial charge in [-0.1, -0.05) is 27.7 Å². The van der Waals surface area contributed by atoms with Crippen LogP contribution in [-0.4, -0.2) is 61.7 Å². The summed E-state index contributed by atoms with van der Waals surface area (Å²) in [4.78, 5) is 23.0. The van der Waals surface area contributed by atoms with Gasteiger partial charge in [0.15, 0.2) is 17.0 Å². The van der Waals surface area contributed by atoms with E-state index >= 15 is 0 Å². The summed E-state index contributed by atoms with van der Waals surface area (Å²) in [5.41, 5.74) is 2.05. The number of H-pyrrole nitrogens is 1. The quantitative estimate of drug-likeness (QED) is 0.485. The number of nitrogens with one attached hydrogen (secondary N) is 2. The third-order valence-corrected chi connectivity index (χ3v) is 4.01. The summed E-state index contributed by atoms with van der Waals surface area (Å²) in [5.74, 6) is 1.22. The molecule has 0 aliphatic carbocycles. The van der Waals surface area contributed by atoms with Crippen molar-refractivity contribution >= 4 is 23.7 Å². The van der Waals surface area contributed by atoms with Gasteiger partial charge in [0.05, 0.1) is 38.6 Å². The molecule has 0 bridgehead atoms. The average Bonchev–Trinajstić information content (AvgIpc) is 2.93. The van der Waals surface area contributed by atoms with Crippen molar-refractivity contribution in [2.75, 3.05) is 46.8 Å². The molecule has 1 aliphatic heterocycles. The predicted molar refractivity (Wildman–Crippen MR) is 140 cm³/mol. The summed E-state index contributed by atoms with van der Waals surface area (Å²) in [6.07, 6.45) is 4.74. The van der Waals surface area contributed by atoms with Gasteiger partial charge in [-0.2, -0.15) is 12.6 Å². The van der Waals surface area contributed by atoms with Gasteiger partial charge in [0, 0.05) is 31.0 Å². The van der Waals surface area contributed by atoms with E-state index in [1.165, 1.54) is 6.20 Å². The maximum absolute atomic E-state index is 12.0. The van der Waals surface area contributed by atoms with Crippen LogP contribution in [0.25, 0.3) is 22.3 Å². The second kappa shape index (κ2) is 18.9. The molecule has 2 aromatic heterocycles. The second-order valence-corrected chi connectivity index (χ2v) is 5.73. The van der Waals surface area contributed by atoms with E-state index in [1.807, 2.05) is 33.8 Å². The summed E-state index contributed by atoms with van der Waals surface area (Å²) in [5, 5.41) is 3.16. The number of benzene rings is 1. The number of thiol groups is 1. The highest BCUT2D eigenvalue weighted by atomic mass is 32.1. The number of hydrogen-bond donors (Lipinski definition) is 3.